The normalized spacial score (nSPS) is 17.7. The molecule has 0 bridgehead atoms. The third-order valence-corrected chi connectivity index (χ3v) is 5.81. The zero-order chi connectivity index (χ0) is 22.8. The van der Waals surface area contributed by atoms with Crippen molar-refractivity contribution in [2.24, 2.45) is 0 Å². The van der Waals surface area contributed by atoms with Crippen molar-refractivity contribution < 1.29 is 24.0 Å². The van der Waals surface area contributed by atoms with Crippen LogP contribution in [-0.4, -0.2) is 28.6 Å². The highest BCUT2D eigenvalue weighted by Crippen LogP contribution is 2.42. The number of nitrogens with zero attached hydrogens (tertiary/aromatic N) is 2. The van der Waals surface area contributed by atoms with Crippen molar-refractivity contribution >= 4 is 45.9 Å². The molecule has 0 saturated carbocycles. The van der Waals surface area contributed by atoms with Gasteiger partial charge in [-0.3, -0.25) is 14.5 Å². The number of rotatable bonds is 6. The number of hydrogen-bond donors (Lipinski definition) is 1. The predicted molar refractivity (Wildman–Crippen MR) is 127 cm³/mol. The van der Waals surface area contributed by atoms with Gasteiger partial charge in [0, 0.05) is 15.2 Å². The molecule has 1 saturated heterocycles. The lowest BCUT2D eigenvalue weighted by molar-refractivity contribution is -0.132. The SMILES string of the molecule is CCCOc1ccc(C(O)=C2C(=O)C(=O)N(c3cc(C)on3)C2c2ccc(I)cc2)cc1. The maximum Gasteiger partial charge on any atom is 0.301 e. The standard InChI is InChI=1S/C24H21IN2O5/c1-3-12-31-18-10-6-16(7-11-18)22(28)20-21(15-4-8-17(25)9-5-15)27(24(30)23(20)29)19-13-14(2)32-26-19/h4-11,13,21,28H,3,12H2,1-2H3. The largest absolute Gasteiger partial charge is 0.507 e. The average molecular weight is 544 g/mol. The van der Waals surface area contributed by atoms with Crippen molar-refractivity contribution in [3.8, 4) is 5.75 Å². The molecule has 1 aliphatic heterocycles. The van der Waals surface area contributed by atoms with Gasteiger partial charge in [0.25, 0.3) is 5.78 Å². The molecule has 1 fully saturated rings. The molecule has 1 aromatic heterocycles. The van der Waals surface area contributed by atoms with Gasteiger partial charge in [0.15, 0.2) is 5.82 Å². The summed E-state index contributed by atoms with van der Waals surface area (Å²) >= 11 is 2.18. The molecule has 1 atom stereocenters. The third kappa shape index (κ3) is 4.14. The van der Waals surface area contributed by atoms with E-state index >= 15 is 0 Å². The van der Waals surface area contributed by atoms with Crippen molar-refractivity contribution in [1.82, 2.24) is 5.16 Å². The summed E-state index contributed by atoms with van der Waals surface area (Å²) in [7, 11) is 0. The highest BCUT2D eigenvalue weighted by molar-refractivity contribution is 14.1. The van der Waals surface area contributed by atoms with E-state index in [-0.39, 0.29) is 17.2 Å². The second kappa shape index (κ2) is 9.15. The van der Waals surface area contributed by atoms with E-state index in [0.717, 1.165) is 9.99 Å². The molecule has 3 aromatic rings. The topological polar surface area (TPSA) is 92.9 Å². The van der Waals surface area contributed by atoms with E-state index in [1.54, 1.807) is 37.3 Å². The molecule has 8 heteroatoms. The summed E-state index contributed by atoms with van der Waals surface area (Å²) < 4.78 is 11.7. The fraction of sp³-hybridized carbons (Fsp3) is 0.208. The number of aliphatic hydroxyl groups excluding tert-OH is 1. The molecule has 0 spiro atoms. The first-order valence-corrected chi connectivity index (χ1v) is 11.2. The minimum atomic E-state index is -0.840. The van der Waals surface area contributed by atoms with E-state index in [4.69, 9.17) is 9.26 Å². The number of carbonyl (C=O) groups is 2. The first-order valence-electron chi connectivity index (χ1n) is 10.1. The molecule has 1 unspecified atom stereocenters. The van der Waals surface area contributed by atoms with Crippen LogP contribution >= 0.6 is 22.6 Å². The summed E-state index contributed by atoms with van der Waals surface area (Å²) in [4.78, 5) is 27.4. The Kier molecular flexibility index (Phi) is 6.31. The number of hydrogen-bond acceptors (Lipinski definition) is 6. The Balaban J connectivity index is 1.83. The molecule has 32 heavy (non-hydrogen) atoms. The highest BCUT2D eigenvalue weighted by Gasteiger charge is 2.48. The smallest absolute Gasteiger partial charge is 0.301 e. The minimum absolute atomic E-state index is 0.000845. The number of benzene rings is 2. The molecule has 0 radical (unpaired) electrons. The first kappa shape index (κ1) is 22.1. The van der Waals surface area contributed by atoms with Gasteiger partial charge in [-0.15, -0.1) is 0 Å². The van der Waals surface area contributed by atoms with Crippen LogP contribution in [-0.2, 0) is 9.59 Å². The Hall–Kier alpha value is -3.14. The van der Waals surface area contributed by atoms with E-state index < -0.39 is 17.7 Å². The van der Waals surface area contributed by atoms with Gasteiger partial charge < -0.3 is 14.4 Å². The molecule has 1 amide bonds. The van der Waals surface area contributed by atoms with Crippen LogP contribution in [0.2, 0.25) is 0 Å². The summed E-state index contributed by atoms with van der Waals surface area (Å²) in [6.45, 7) is 4.30. The molecule has 0 aliphatic carbocycles. The van der Waals surface area contributed by atoms with E-state index in [0.29, 0.717) is 29.2 Å². The molecular weight excluding hydrogens is 523 g/mol. The molecule has 7 nitrogen and oxygen atoms in total. The first-order chi connectivity index (χ1) is 15.4. The zero-order valence-corrected chi connectivity index (χ0v) is 19.7. The monoisotopic (exact) mass is 544 g/mol. The second-order valence-corrected chi connectivity index (χ2v) is 8.63. The van der Waals surface area contributed by atoms with E-state index in [1.165, 1.54) is 4.90 Å². The molecule has 2 aromatic carbocycles. The summed E-state index contributed by atoms with van der Waals surface area (Å²) in [5, 5.41) is 15.1. The van der Waals surface area contributed by atoms with Crippen LogP contribution in [0.15, 0.2) is 64.7 Å². The van der Waals surface area contributed by atoms with Crippen molar-refractivity contribution in [3.63, 3.8) is 0 Å². The summed E-state index contributed by atoms with van der Waals surface area (Å²) in [5.74, 6) is -0.418. The highest BCUT2D eigenvalue weighted by atomic mass is 127. The van der Waals surface area contributed by atoms with Crippen LogP contribution in [0.3, 0.4) is 0 Å². The molecule has 1 N–H and O–H groups in total. The van der Waals surface area contributed by atoms with Crippen LogP contribution in [0, 0.1) is 10.5 Å². The number of anilines is 1. The number of carbonyl (C=O) groups excluding carboxylic acids is 2. The Bertz CT molecular complexity index is 1180. The second-order valence-electron chi connectivity index (χ2n) is 7.39. The van der Waals surface area contributed by atoms with E-state index in [2.05, 4.69) is 27.7 Å². The number of aryl methyl sites for hydroxylation is 1. The fourth-order valence-electron chi connectivity index (χ4n) is 3.58. The van der Waals surface area contributed by atoms with Crippen molar-refractivity contribution in [2.75, 3.05) is 11.5 Å². The number of amides is 1. The quantitative estimate of drug-likeness (QED) is 0.203. The lowest BCUT2D eigenvalue weighted by Crippen LogP contribution is -2.29. The summed E-state index contributed by atoms with van der Waals surface area (Å²) in [5.41, 5.74) is 1.09. The molecule has 1 aliphatic rings. The van der Waals surface area contributed by atoms with Gasteiger partial charge in [0.1, 0.15) is 17.3 Å². The lowest BCUT2D eigenvalue weighted by Gasteiger charge is -2.23. The van der Waals surface area contributed by atoms with Gasteiger partial charge in [0.05, 0.1) is 18.2 Å². The maximum absolute atomic E-state index is 13.1. The van der Waals surface area contributed by atoms with E-state index in [1.807, 2.05) is 31.2 Å². The summed E-state index contributed by atoms with van der Waals surface area (Å²) in [6, 6.07) is 14.9. The minimum Gasteiger partial charge on any atom is -0.507 e. The Morgan fingerprint density at radius 1 is 1.16 bits per heavy atom. The zero-order valence-electron chi connectivity index (χ0n) is 17.5. The van der Waals surface area contributed by atoms with E-state index in [9.17, 15) is 14.7 Å². The van der Waals surface area contributed by atoms with Gasteiger partial charge in [-0.05, 0) is 77.9 Å². The molecule has 2 heterocycles. The number of ketones is 1. The van der Waals surface area contributed by atoms with Crippen LogP contribution in [0.1, 0.15) is 36.3 Å². The van der Waals surface area contributed by atoms with Crippen LogP contribution < -0.4 is 9.64 Å². The van der Waals surface area contributed by atoms with Crippen molar-refractivity contribution in [1.29, 1.82) is 0 Å². The van der Waals surface area contributed by atoms with Gasteiger partial charge in [0.2, 0.25) is 0 Å². The predicted octanol–water partition coefficient (Wildman–Crippen LogP) is 5.00. The van der Waals surface area contributed by atoms with Crippen molar-refractivity contribution in [3.05, 3.63) is 80.6 Å². The number of ether oxygens (including phenoxy) is 1. The van der Waals surface area contributed by atoms with Crippen LogP contribution in [0.5, 0.6) is 5.75 Å². The lowest BCUT2D eigenvalue weighted by atomic mass is 9.95. The van der Waals surface area contributed by atoms with Gasteiger partial charge in [-0.25, -0.2) is 0 Å². The Morgan fingerprint density at radius 2 is 1.84 bits per heavy atom. The fourth-order valence-corrected chi connectivity index (χ4v) is 3.94. The van der Waals surface area contributed by atoms with Gasteiger partial charge in [-0.2, -0.15) is 0 Å². The molecular formula is C24H21IN2O5. The number of aromatic nitrogens is 1. The number of halogens is 1. The van der Waals surface area contributed by atoms with Crippen molar-refractivity contribution in [2.45, 2.75) is 26.3 Å². The molecule has 4 rings (SSSR count). The van der Waals surface area contributed by atoms with Crippen LogP contribution in [0.25, 0.3) is 5.76 Å². The van der Waals surface area contributed by atoms with Crippen LogP contribution in [0.4, 0.5) is 5.82 Å². The number of Topliss-reactive ketones (excluding diaryl/α,β-unsaturated/α-hetero) is 1. The maximum atomic E-state index is 13.1. The number of aliphatic hydroxyl groups is 1. The Morgan fingerprint density at radius 3 is 2.44 bits per heavy atom. The van der Waals surface area contributed by atoms with Gasteiger partial charge in [-0.1, -0.05) is 24.2 Å². The van der Waals surface area contributed by atoms with Gasteiger partial charge >= 0.3 is 5.91 Å². The summed E-state index contributed by atoms with van der Waals surface area (Å²) in [6.07, 6.45) is 0.878. The Labute approximate surface area is 198 Å². The molecule has 164 valence electrons. The average Bonchev–Trinajstić information content (AvgIpc) is 3.33. The third-order valence-electron chi connectivity index (χ3n) is 5.09.